The second-order valence-electron chi connectivity index (χ2n) is 7.65. The predicted molar refractivity (Wildman–Crippen MR) is 132 cm³/mol. The molecule has 1 aliphatic heterocycles. The van der Waals surface area contributed by atoms with Gasteiger partial charge in [-0.3, -0.25) is 24.6 Å². The Morgan fingerprint density at radius 2 is 1.92 bits per heavy atom. The number of amides is 2. The number of nitrogens with zero attached hydrogens (tertiary/aromatic N) is 2. The second-order valence-corrected chi connectivity index (χ2v) is 8.64. The zero-order valence-electron chi connectivity index (χ0n) is 19.7. The zero-order valence-corrected chi connectivity index (χ0v) is 20.5. The minimum Gasteiger partial charge on any atom is -0.493 e. The van der Waals surface area contributed by atoms with Crippen molar-refractivity contribution in [2.45, 2.75) is 13.2 Å². The third-order valence-electron chi connectivity index (χ3n) is 5.24. The highest BCUT2D eigenvalue weighted by molar-refractivity contribution is 8.18. The summed E-state index contributed by atoms with van der Waals surface area (Å²) >= 11 is 0.780. The van der Waals surface area contributed by atoms with Crippen molar-refractivity contribution >= 4 is 40.6 Å². The van der Waals surface area contributed by atoms with Crippen LogP contribution in [0.25, 0.3) is 6.08 Å². The van der Waals surface area contributed by atoms with Gasteiger partial charge in [-0.1, -0.05) is 18.2 Å². The third-order valence-corrected chi connectivity index (χ3v) is 6.15. The molecule has 0 atom stereocenters. The van der Waals surface area contributed by atoms with Crippen LogP contribution in [0.1, 0.15) is 27.4 Å². The Labute approximate surface area is 214 Å². The molecule has 37 heavy (non-hydrogen) atoms. The van der Waals surface area contributed by atoms with Gasteiger partial charge in [-0.15, -0.1) is 0 Å². The molecule has 2 aromatic carbocycles. The van der Waals surface area contributed by atoms with E-state index in [1.54, 1.807) is 36.4 Å². The number of benzene rings is 2. The normalized spacial score (nSPS) is 14.2. The van der Waals surface area contributed by atoms with Crippen molar-refractivity contribution in [1.82, 2.24) is 4.90 Å². The molecule has 0 aliphatic carbocycles. The van der Waals surface area contributed by atoms with Gasteiger partial charge < -0.3 is 18.6 Å². The monoisotopic (exact) mass is 524 g/mol. The average molecular weight is 525 g/mol. The Kier molecular flexibility index (Phi) is 7.58. The molecule has 190 valence electrons. The number of ether oxygens (including phenoxy) is 3. The first-order valence-electron chi connectivity index (χ1n) is 10.8. The molecule has 2 heterocycles. The number of methoxy groups -OCH3 is 2. The van der Waals surface area contributed by atoms with Crippen LogP contribution in [0.5, 0.6) is 11.5 Å². The lowest BCUT2D eigenvalue weighted by atomic mass is 10.1. The smallest absolute Gasteiger partial charge is 0.373 e. The standard InChI is InChI=1S/C25H20N2O9S/c1-33-21-11-15(6-8-19(21)35-14-18-7-9-20(36-18)24(29)34-2)12-22-23(28)26(25(30)37-22)13-16-4-3-5-17(10-16)27(31)32/h3-12H,13-14H2,1-2H3. The molecule has 2 amide bonds. The Morgan fingerprint density at radius 1 is 1.11 bits per heavy atom. The van der Waals surface area contributed by atoms with Crippen molar-refractivity contribution in [3.05, 3.63) is 92.3 Å². The minimum absolute atomic E-state index is 0.0310. The summed E-state index contributed by atoms with van der Waals surface area (Å²) in [7, 11) is 2.71. The van der Waals surface area contributed by atoms with Crippen molar-refractivity contribution < 1.29 is 37.9 Å². The number of thioether (sulfide) groups is 1. The molecule has 1 aliphatic rings. The predicted octanol–water partition coefficient (Wildman–Crippen LogP) is 4.80. The zero-order chi connectivity index (χ0) is 26.5. The number of hydrogen-bond donors (Lipinski definition) is 0. The number of carbonyl (C=O) groups excluding carboxylic acids is 3. The van der Waals surface area contributed by atoms with Gasteiger partial charge in [0.1, 0.15) is 12.4 Å². The maximum Gasteiger partial charge on any atom is 0.373 e. The number of furan rings is 1. The summed E-state index contributed by atoms with van der Waals surface area (Å²) < 4.78 is 21.1. The molecule has 0 spiro atoms. The minimum atomic E-state index is -0.595. The summed E-state index contributed by atoms with van der Waals surface area (Å²) in [5, 5.41) is 10.5. The fourth-order valence-electron chi connectivity index (χ4n) is 3.45. The third kappa shape index (κ3) is 5.81. The highest BCUT2D eigenvalue weighted by Crippen LogP contribution is 2.35. The molecule has 0 bridgehead atoms. The summed E-state index contributed by atoms with van der Waals surface area (Å²) in [4.78, 5) is 48.6. The van der Waals surface area contributed by atoms with E-state index in [4.69, 9.17) is 13.9 Å². The van der Waals surface area contributed by atoms with E-state index in [-0.39, 0.29) is 29.5 Å². The van der Waals surface area contributed by atoms with E-state index in [1.165, 1.54) is 38.5 Å². The van der Waals surface area contributed by atoms with Gasteiger partial charge in [0.15, 0.2) is 11.5 Å². The Bertz CT molecular complexity index is 1410. The van der Waals surface area contributed by atoms with E-state index in [0.29, 0.717) is 28.4 Å². The van der Waals surface area contributed by atoms with Crippen molar-refractivity contribution in [2.24, 2.45) is 0 Å². The number of non-ortho nitro benzene ring substituents is 1. The van der Waals surface area contributed by atoms with E-state index >= 15 is 0 Å². The van der Waals surface area contributed by atoms with Crippen molar-refractivity contribution in [2.75, 3.05) is 14.2 Å². The van der Waals surface area contributed by atoms with Crippen LogP contribution >= 0.6 is 11.8 Å². The maximum absolute atomic E-state index is 12.9. The Hall–Kier alpha value is -4.58. The molecule has 0 unspecified atom stereocenters. The molecular formula is C25H20N2O9S. The lowest BCUT2D eigenvalue weighted by Gasteiger charge is -2.12. The molecule has 4 rings (SSSR count). The number of imide groups is 1. The van der Waals surface area contributed by atoms with Crippen LogP contribution < -0.4 is 9.47 Å². The van der Waals surface area contributed by atoms with E-state index in [1.807, 2.05) is 0 Å². The first kappa shape index (κ1) is 25.5. The van der Waals surface area contributed by atoms with Gasteiger partial charge in [-0.2, -0.15) is 0 Å². The summed E-state index contributed by atoms with van der Waals surface area (Å²) in [6.45, 7) is -0.0481. The number of rotatable bonds is 9. The average Bonchev–Trinajstić information content (AvgIpc) is 3.48. The maximum atomic E-state index is 12.9. The van der Waals surface area contributed by atoms with Crippen LogP contribution in [0.15, 0.2) is 63.9 Å². The highest BCUT2D eigenvalue weighted by Gasteiger charge is 2.35. The molecule has 1 aromatic heterocycles. The molecule has 11 nitrogen and oxygen atoms in total. The van der Waals surface area contributed by atoms with Gasteiger partial charge in [0.25, 0.3) is 16.8 Å². The van der Waals surface area contributed by atoms with Crippen LogP contribution in [-0.2, 0) is 22.7 Å². The molecule has 0 N–H and O–H groups in total. The summed E-state index contributed by atoms with van der Waals surface area (Å²) in [5.41, 5.74) is 0.942. The molecule has 12 heteroatoms. The van der Waals surface area contributed by atoms with Crippen LogP contribution in [0.2, 0.25) is 0 Å². The first-order valence-corrected chi connectivity index (χ1v) is 11.6. The van der Waals surface area contributed by atoms with Crippen molar-refractivity contribution in [1.29, 1.82) is 0 Å². The second kappa shape index (κ2) is 11.0. The topological polar surface area (TPSA) is 138 Å². The van der Waals surface area contributed by atoms with Gasteiger partial charge >= 0.3 is 5.97 Å². The largest absolute Gasteiger partial charge is 0.493 e. The lowest BCUT2D eigenvalue weighted by Crippen LogP contribution is -2.27. The number of nitro groups is 1. The summed E-state index contributed by atoms with van der Waals surface area (Å²) in [6, 6.07) is 13.8. The SMILES string of the molecule is COC(=O)c1ccc(COc2ccc(C=C3SC(=O)N(Cc4cccc([N+](=O)[O-])c4)C3=O)cc2OC)o1. The van der Waals surface area contributed by atoms with Crippen molar-refractivity contribution in [3.8, 4) is 11.5 Å². The van der Waals surface area contributed by atoms with Gasteiger partial charge in [-0.05, 0) is 53.2 Å². The van der Waals surface area contributed by atoms with Crippen LogP contribution in [0.3, 0.4) is 0 Å². The number of nitro benzene ring substituents is 1. The molecular weight excluding hydrogens is 504 g/mol. The lowest BCUT2D eigenvalue weighted by molar-refractivity contribution is -0.384. The summed E-state index contributed by atoms with van der Waals surface area (Å²) in [5.74, 6) is 0.147. The Balaban J connectivity index is 1.46. The van der Waals surface area contributed by atoms with Gasteiger partial charge in [-0.25, -0.2) is 4.79 Å². The Morgan fingerprint density at radius 3 is 2.65 bits per heavy atom. The van der Waals surface area contributed by atoms with Crippen LogP contribution in [-0.4, -0.2) is 41.2 Å². The molecule has 1 saturated heterocycles. The molecule has 0 radical (unpaired) electrons. The first-order chi connectivity index (χ1) is 17.8. The van der Waals surface area contributed by atoms with Crippen LogP contribution in [0, 0.1) is 10.1 Å². The number of esters is 1. The van der Waals surface area contributed by atoms with Gasteiger partial charge in [0.05, 0.1) is 30.6 Å². The molecule has 3 aromatic rings. The van der Waals surface area contributed by atoms with E-state index in [0.717, 1.165) is 16.7 Å². The van der Waals surface area contributed by atoms with Gasteiger partial charge in [0, 0.05) is 12.1 Å². The molecule has 1 fully saturated rings. The van der Waals surface area contributed by atoms with Gasteiger partial charge in [0.2, 0.25) is 5.76 Å². The van der Waals surface area contributed by atoms with Crippen LogP contribution in [0.4, 0.5) is 10.5 Å². The number of hydrogen-bond acceptors (Lipinski definition) is 10. The van der Waals surface area contributed by atoms with E-state index in [9.17, 15) is 24.5 Å². The van der Waals surface area contributed by atoms with Crippen molar-refractivity contribution in [3.63, 3.8) is 0 Å². The highest BCUT2D eigenvalue weighted by atomic mass is 32.2. The van der Waals surface area contributed by atoms with E-state index < -0.39 is 22.0 Å². The van der Waals surface area contributed by atoms with E-state index in [2.05, 4.69) is 4.74 Å². The quantitative estimate of drug-likeness (QED) is 0.166. The molecule has 0 saturated carbocycles. The number of carbonyl (C=O) groups is 3. The fourth-order valence-corrected chi connectivity index (χ4v) is 4.28. The summed E-state index contributed by atoms with van der Waals surface area (Å²) in [6.07, 6.45) is 1.56. The fraction of sp³-hybridized carbons (Fsp3) is 0.160.